The lowest BCUT2D eigenvalue weighted by Crippen LogP contribution is -2.10. The van der Waals surface area contributed by atoms with E-state index in [1.165, 1.54) is 0 Å². The van der Waals surface area contributed by atoms with E-state index in [9.17, 15) is 0 Å². The third kappa shape index (κ3) is 5.15. The molecule has 192 valence electrons. The summed E-state index contributed by atoms with van der Waals surface area (Å²) < 4.78 is 16.2. The first-order valence-electron chi connectivity index (χ1n) is 12.2. The van der Waals surface area contributed by atoms with Gasteiger partial charge in [-0.05, 0) is 31.6 Å². The number of pyridine rings is 3. The number of anilines is 1. The van der Waals surface area contributed by atoms with Gasteiger partial charge in [-0.2, -0.15) is 0 Å². The highest BCUT2D eigenvalue weighted by Gasteiger charge is 2.22. The predicted octanol–water partition coefficient (Wildman–Crippen LogP) is 6.64. The number of halogens is 1. The average Bonchev–Trinajstić information content (AvgIpc) is 3.40. The van der Waals surface area contributed by atoms with Crippen molar-refractivity contribution in [2.75, 3.05) is 12.4 Å². The maximum absolute atomic E-state index is 16.2. The largest absolute Gasteiger partial charge is 0.386 e. The Kier molecular flexibility index (Phi) is 7.91. The summed E-state index contributed by atoms with van der Waals surface area (Å²) in [5.41, 5.74) is 6.51. The average molecular weight is 508 g/mol. The molecule has 0 atom stereocenters. The molecule has 4 aromatic heterocycles. The van der Waals surface area contributed by atoms with Crippen molar-refractivity contribution in [3.63, 3.8) is 0 Å². The highest BCUT2D eigenvalue weighted by molar-refractivity contribution is 5.94. The normalized spacial score (nSPS) is 11.9. The number of rotatable bonds is 10. The standard InChI is InChI=1S/C30H30FN7/c1-7-18(4)36-22(9-3)13-20(8-2)28-27(31)26(24(32-6)17-35-28)19(5)30-37-25-16-34-15-23(29(25)38-30)21-11-10-12-33-14-21/h8-17,32,36H,3-5,7H2,1-2,6H3,(H,37,38)/b20-8+,22-13+. The number of nitrogens with one attached hydrogen (secondary N) is 3. The van der Waals surface area contributed by atoms with Crippen LogP contribution in [0.25, 0.3) is 33.3 Å². The summed E-state index contributed by atoms with van der Waals surface area (Å²) in [6, 6.07) is 3.79. The van der Waals surface area contributed by atoms with Gasteiger partial charge < -0.3 is 15.6 Å². The van der Waals surface area contributed by atoms with Crippen LogP contribution in [-0.2, 0) is 0 Å². The summed E-state index contributed by atoms with van der Waals surface area (Å²) in [6.45, 7) is 15.9. The van der Waals surface area contributed by atoms with E-state index in [1.54, 1.807) is 56.3 Å². The molecule has 0 radical (unpaired) electrons. The summed E-state index contributed by atoms with van der Waals surface area (Å²) in [6.07, 6.45) is 14.5. The maximum Gasteiger partial charge on any atom is 0.159 e. The smallest absolute Gasteiger partial charge is 0.159 e. The minimum absolute atomic E-state index is 0.180. The van der Waals surface area contributed by atoms with E-state index in [0.717, 1.165) is 23.2 Å². The van der Waals surface area contributed by atoms with Crippen LogP contribution in [0.5, 0.6) is 0 Å². The summed E-state index contributed by atoms with van der Waals surface area (Å²) in [4.78, 5) is 21.0. The topological polar surface area (TPSA) is 91.4 Å². The number of H-pyrrole nitrogens is 1. The summed E-state index contributed by atoms with van der Waals surface area (Å²) in [5, 5.41) is 6.22. The van der Waals surface area contributed by atoms with Crippen molar-refractivity contribution in [3.05, 3.63) is 115 Å². The molecule has 4 aromatic rings. The van der Waals surface area contributed by atoms with Gasteiger partial charge in [-0.25, -0.2) is 9.37 Å². The number of imidazole rings is 1. The highest BCUT2D eigenvalue weighted by atomic mass is 19.1. The van der Waals surface area contributed by atoms with Gasteiger partial charge in [-0.1, -0.05) is 38.8 Å². The lowest BCUT2D eigenvalue weighted by Gasteiger charge is -2.15. The monoisotopic (exact) mass is 507 g/mol. The molecule has 0 aromatic carbocycles. The number of fused-ring (bicyclic) bond motifs is 1. The van der Waals surface area contributed by atoms with E-state index < -0.39 is 5.82 Å². The second-order valence-electron chi connectivity index (χ2n) is 8.48. The fourth-order valence-electron chi connectivity index (χ4n) is 3.99. The van der Waals surface area contributed by atoms with Crippen LogP contribution in [-0.4, -0.2) is 32.0 Å². The molecule has 0 saturated heterocycles. The number of hydrogen-bond acceptors (Lipinski definition) is 6. The molecule has 0 unspecified atom stereocenters. The van der Waals surface area contributed by atoms with Gasteiger partial charge in [0.1, 0.15) is 11.5 Å². The van der Waals surface area contributed by atoms with Crippen molar-refractivity contribution in [2.24, 2.45) is 0 Å². The van der Waals surface area contributed by atoms with Crippen LogP contribution < -0.4 is 10.6 Å². The van der Waals surface area contributed by atoms with Crippen molar-refractivity contribution in [2.45, 2.75) is 20.3 Å². The van der Waals surface area contributed by atoms with Gasteiger partial charge in [0.2, 0.25) is 0 Å². The van der Waals surface area contributed by atoms with Crippen LogP contribution in [0.3, 0.4) is 0 Å². The second-order valence-corrected chi connectivity index (χ2v) is 8.48. The van der Waals surface area contributed by atoms with Crippen LogP contribution >= 0.6 is 0 Å². The molecule has 38 heavy (non-hydrogen) atoms. The maximum atomic E-state index is 16.2. The van der Waals surface area contributed by atoms with Crippen LogP contribution in [0.15, 0.2) is 92.5 Å². The Morgan fingerprint density at radius 3 is 2.63 bits per heavy atom. The van der Waals surface area contributed by atoms with Crippen molar-refractivity contribution < 1.29 is 4.39 Å². The lowest BCUT2D eigenvalue weighted by molar-refractivity contribution is 0.614. The van der Waals surface area contributed by atoms with Gasteiger partial charge in [-0.15, -0.1) is 0 Å². The Morgan fingerprint density at radius 1 is 1.16 bits per heavy atom. The van der Waals surface area contributed by atoms with Crippen LogP contribution in [0.1, 0.15) is 37.4 Å². The fraction of sp³-hybridized carbons (Fsp3) is 0.133. The molecule has 0 aliphatic rings. The summed E-state index contributed by atoms with van der Waals surface area (Å²) in [7, 11) is 1.71. The minimum Gasteiger partial charge on any atom is -0.386 e. The highest BCUT2D eigenvalue weighted by Crippen LogP contribution is 2.34. The molecule has 0 fully saturated rings. The van der Waals surface area contributed by atoms with Crippen molar-refractivity contribution in [3.8, 4) is 11.1 Å². The molecule has 4 rings (SSSR count). The third-order valence-electron chi connectivity index (χ3n) is 6.11. The van der Waals surface area contributed by atoms with Crippen molar-refractivity contribution >= 4 is 27.9 Å². The van der Waals surface area contributed by atoms with Crippen molar-refractivity contribution in [1.82, 2.24) is 30.2 Å². The minimum atomic E-state index is -0.519. The molecule has 0 amide bonds. The first-order chi connectivity index (χ1) is 18.4. The first kappa shape index (κ1) is 26.2. The molecular weight excluding hydrogens is 477 g/mol. The number of allylic oxidation sites excluding steroid dienone is 5. The van der Waals surface area contributed by atoms with E-state index in [4.69, 9.17) is 4.98 Å². The zero-order chi connectivity index (χ0) is 27.2. The quantitative estimate of drug-likeness (QED) is 0.208. The number of hydrogen-bond donors (Lipinski definition) is 3. The van der Waals surface area contributed by atoms with Crippen LogP contribution in [0, 0.1) is 5.82 Å². The Hall–Kier alpha value is -4.85. The van der Waals surface area contributed by atoms with Crippen molar-refractivity contribution in [1.29, 1.82) is 0 Å². The zero-order valence-electron chi connectivity index (χ0n) is 21.8. The molecule has 0 bridgehead atoms. The van der Waals surface area contributed by atoms with Gasteiger partial charge in [0.25, 0.3) is 0 Å². The molecule has 3 N–H and O–H groups in total. The predicted molar refractivity (Wildman–Crippen MR) is 153 cm³/mol. The van der Waals surface area contributed by atoms with Gasteiger partial charge in [-0.3, -0.25) is 15.0 Å². The Labute approximate surface area is 221 Å². The summed E-state index contributed by atoms with van der Waals surface area (Å²) >= 11 is 0. The SMILES string of the molecule is C=C/C(=C\C(=C/C)c1ncc(NC)c(C(=C)c2nc3c(-c4cccnc4)cncc3[nH]2)c1F)NC(=C)CC. The van der Waals surface area contributed by atoms with E-state index in [2.05, 4.69) is 50.3 Å². The first-order valence-corrected chi connectivity index (χ1v) is 12.2. The summed E-state index contributed by atoms with van der Waals surface area (Å²) in [5.74, 6) is -0.0917. The molecule has 0 spiro atoms. The van der Waals surface area contributed by atoms with Gasteiger partial charge in [0, 0.05) is 64.9 Å². The van der Waals surface area contributed by atoms with E-state index >= 15 is 4.39 Å². The molecule has 0 aliphatic carbocycles. The van der Waals surface area contributed by atoms with Crippen LogP contribution in [0.2, 0.25) is 0 Å². The number of aromatic amines is 1. The molecule has 7 nitrogen and oxygen atoms in total. The zero-order valence-corrected chi connectivity index (χ0v) is 21.8. The second kappa shape index (κ2) is 11.5. The third-order valence-corrected chi connectivity index (χ3v) is 6.11. The molecule has 8 heteroatoms. The fourth-order valence-corrected chi connectivity index (χ4v) is 3.99. The molecule has 0 aliphatic heterocycles. The Balaban J connectivity index is 1.80. The van der Waals surface area contributed by atoms with E-state index in [1.807, 2.05) is 26.0 Å². The molecular formula is C30H30FN7. The lowest BCUT2D eigenvalue weighted by atomic mass is 10.0. The van der Waals surface area contributed by atoms with E-state index in [0.29, 0.717) is 39.4 Å². The van der Waals surface area contributed by atoms with Gasteiger partial charge in [0.15, 0.2) is 5.82 Å². The molecule has 4 heterocycles. The Morgan fingerprint density at radius 2 is 1.97 bits per heavy atom. The van der Waals surface area contributed by atoms with Crippen LogP contribution in [0.4, 0.5) is 10.1 Å². The van der Waals surface area contributed by atoms with Gasteiger partial charge >= 0.3 is 0 Å². The molecule has 0 saturated carbocycles. The van der Waals surface area contributed by atoms with E-state index in [-0.39, 0.29) is 11.3 Å². The number of nitrogens with zero attached hydrogens (tertiary/aromatic N) is 4. The number of aromatic nitrogens is 5. The van der Waals surface area contributed by atoms with Gasteiger partial charge in [0.05, 0.1) is 29.1 Å². The Bertz CT molecular complexity index is 1580.